The van der Waals surface area contributed by atoms with Crippen molar-refractivity contribution in [1.82, 2.24) is 50.9 Å². The van der Waals surface area contributed by atoms with E-state index >= 15 is 0 Å². The second kappa shape index (κ2) is 10.3. The third kappa shape index (κ3) is 5.73. The number of anilines is 1. The zero-order valence-corrected chi connectivity index (χ0v) is 20.5. The number of hydrazine groups is 1. The molecule has 5 rings (SSSR count). The molecule has 0 bridgehead atoms. The van der Waals surface area contributed by atoms with Gasteiger partial charge >= 0.3 is 0 Å². The summed E-state index contributed by atoms with van der Waals surface area (Å²) in [5.41, 5.74) is 8.65. The number of rotatable bonds is 7. The minimum atomic E-state index is -0.468. The minimum absolute atomic E-state index is 0.0674. The smallest absolute Gasteiger partial charge is 0.270 e. The molecule has 1 aliphatic heterocycles. The maximum atomic E-state index is 13.2. The molecule has 1 fully saturated rings. The fraction of sp³-hybridized carbons (Fsp3) is 0.292. The Morgan fingerprint density at radius 1 is 1.14 bits per heavy atom. The van der Waals surface area contributed by atoms with Crippen LogP contribution in [0.1, 0.15) is 48.2 Å². The first-order valence-electron chi connectivity index (χ1n) is 11.8. The molecule has 0 saturated carbocycles. The summed E-state index contributed by atoms with van der Waals surface area (Å²) < 4.78 is 14.4. The molecular weight excluding hydrogens is 477 g/mol. The van der Waals surface area contributed by atoms with Gasteiger partial charge in [-0.25, -0.2) is 29.4 Å². The SMILES string of the molecule is Cc1cc(NC2CC(C)NN2)nc(-c2ccc(C(=O)N[C@@H](C)c3cnc(-n4cc(F)cn4)cn3)nc2)n1. The lowest BCUT2D eigenvalue weighted by molar-refractivity contribution is 0.0934. The number of hydrogen-bond acceptors (Lipinski definition) is 10. The van der Waals surface area contributed by atoms with Crippen molar-refractivity contribution in [3.8, 4) is 17.2 Å². The van der Waals surface area contributed by atoms with E-state index in [2.05, 4.69) is 58.4 Å². The van der Waals surface area contributed by atoms with Crippen LogP contribution in [0.4, 0.5) is 10.2 Å². The highest BCUT2D eigenvalue weighted by atomic mass is 19.1. The Balaban J connectivity index is 1.23. The minimum Gasteiger partial charge on any atom is -0.353 e. The summed E-state index contributed by atoms with van der Waals surface area (Å²) in [4.78, 5) is 34.8. The van der Waals surface area contributed by atoms with Gasteiger partial charge in [-0.15, -0.1) is 0 Å². The number of nitrogens with one attached hydrogen (secondary N) is 4. The molecule has 4 aromatic rings. The normalized spacial score (nSPS) is 17.9. The molecule has 0 spiro atoms. The summed E-state index contributed by atoms with van der Waals surface area (Å²) in [5.74, 6) is 0.759. The summed E-state index contributed by atoms with van der Waals surface area (Å²) in [6.07, 6.45) is 7.82. The molecule has 3 atom stereocenters. The lowest BCUT2D eigenvalue weighted by Crippen LogP contribution is -2.36. The molecule has 0 aromatic carbocycles. The Hall–Kier alpha value is -4.36. The fourth-order valence-corrected chi connectivity index (χ4v) is 3.86. The Labute approximate surface area is 212 Å². The third-order valence-corrected chi connectivity index (χ3v) is 5.76. The Morgan fingerprint density at radius 3 is 2.65 bits per heavy atom. The summed E-state index contributed by atoms with van der Waals surface area (Å²) in [7, 11) is 0. The standard InChI is InChI=1S/C24H26FN11O/c1-13-6-20(32-21-7-14(2)34-35-21)33-23(30-13)16-4-5-18(26-8-16)24(37)31-15(3)19-10-28-22(11-27-19)36-12-17(25)9-29-36/h4-6,8-12,14-15,21,34-35H,7H2,1-3H3,(H,31,37)(H,30,32,33)/t14?,15-,21?/m0/s1. The quantitative estimate of drug-likeness (QED) is 0.295. The second-order valence-corrected chi connectivity index (χ2v) is 8.87. The van der Waals surface area contributed by atoms with Crippen molar-refractivity contribution in [3.05, 3.63) is 72.1 Å². The number of halogens is 1. The van der Waals surface area contributed by atoms with E-state index in [0.717, 1.165) is 18.3 Å². The second-order valence-electron chi connectivity index (χ2n) is 8.87. The molecule has 1 aliphatic rings. The van der Waals surface area contributed by atoms with Gasteiger partial charge in [-0.3, -0.25) is 20.2 Å². The van der Waals surface area contributed by atoms with Gasteiger partial charge in [0.2, 0.25) is 0 Å². The van der Waals surface area contributed by atoms with Crippen LogP contribution < -0.4 is 21.5 Å². The van der Waals surface area contributed by atoms with Gasteiger partial charge in [0.25, 0.3) is 5.91 Å². The molecule has 190 valence electrons. The van der Waals surface area contributed by atoms with Gasteiger partial charge in [0, 0.05) is 29.6 Å². The van der Waals surface area contributed by atoms with Crippen LogP contribution in [-0.4, -0.2) is 52.8 Å². The molecule has 0 radical (unpaired) electrons. The topological polar surface area (TPSA) is 147 Å². The number of carbonyl (C=O) groups excluding carboxylic acids is 1. The number of nitrogens with zero attached hydrogens (tertiary/aromatic N) is 7. The van der Waals surface area contributed by atoms with Gasteiger partial charge in [-0.1, -0.05) is 0 Å². The molecule has 4 aromatic heterocycles. The predicted octanol–water partition coefficient (Wildman–Crippen LogP) is 2.08. The van der Waals surface area contributed by atoms with Crippen LogP contribution in [0.15, 0.2) is 49.2 Å². The predicted molar refractivity (Wildman–Crippen MR) is 133 cm³/mol. The van der Waals surface area contributed by atoms with Crippen molar-refractivity contribution in [2.45, 2.75) is 45.4 Å². The van der Waals surface area contributed by atoms with E-state index in [4.69, 9.17) is 0 Å². The first-order valence-corrected chi connectivity index (χ1v) is 11.8. The van der Waals surface area contributed by atoms with Crippen LogP contribution in [0.25, 0.3) is 17.2 Å². The molecule has 12 nitrogen and oxygen atoms in total. The lowest BCUT2D eigenvalue weighted by Gasteiger charge is -2.14. The van der Waals surface area contributed by atoms with Crippen molar-refractivity contribution in [2.75, 3.05) is 5.32 Å². The number of aryl methyl sites for hydroxylation is 1. The zero-order valence-electron chi connectivity index (χ0n) is 20.5. The maximum absolute atomic E-state index is 13.2. The van der Waals surface area contributed by atoms with Gasteiger partial charge in [-0.2, -0.15) is 5.10 Å². The van der Waals surface area contributed by atoms with Crippen LogP contribution in [-0.2, 0) is 0 Å². The van der Waals surface area contributed by atoms with Crippen LogP contribution in [0.2, 0.25) is 0 Å². The van der Waals surface area contributed by atoms with Gasteiger partial charge < -0.3 is 10.6 Å². The largest absolute Gasteiger partial charge is 0.353 e. The van der Waals surface area contributed by atoms with Gasteiger partial charge in [0.05, 0.1) is 42.7 Å². The van der Waals surface area contributed by atoms with E-state index in [1.54, 1.807) is 25.3 Å². The number of pyridine rings is 1. The average molecular weight is 504 g/mol. The van der Waals surface area contributed by atoms with E-state index in [1.807, 2.05) is 13.0 Å². The van der Waals surface area contributed by atoms with Crippen molar-refractivity contribution >= 4 is 11.7 Å². The molecule has 0 aliphatic carbocycles. The average Bonchev–Trinajstić information content (AvgIpc) is 3.51. The number of carbonyl (C=O) groups is 1. The van der Waals surface area contributed by atoms with Crippen LogP contribution in [0, 0.1) is 12.7 Å². The molecule has 2 unspecified atom stereocenters. The molecule has 1 amide bonds. The monoisotopic (exact) mass is 503 g/mol. The summed E-state index contributed by atoms with van der Waals surface area (Å²) in [6.45, 7) is 5.79. The molecular formula is C24H26FN11O. The molecule has 37 heavy (non-hydrogen) atoms. The fourth-order valence-electron chi connectivity index (χ4n) is 3.86. The van der Waals surface area contributed by atoms with Gasteiger partial charge in [-0.05, 0) is 39.3 Å². The Kier molecular flexibility index (Phi) is 6.79. The van der Waals surface area contributed by atoms with E-state index in [0.29, 0.717) is 34.8 Å². The summed E-state index contributed by atoms with van der Waals surface area (Å²) in [6, 6.07) is 5.21. The molecule has 4 N–H and O–H groups in total. The first kappa shape index (κ1) is 24.3. The van der Waals surface area contributed by atoms with Gasteiger partial charge in [0.1, 0.15) is 11.5 Å². The van der Waals surface area contributed by atoms with E-state index in [9.17, 15) is 9.18 Å². The number of hydrogen-bond donors (Lipinski definition) is 4. The highest BCUT2D eigenvalue weighted by Gasteiger charge is 2.20. The van der Waals surface area contributed by atoms with Crippen LogP contribution >= 0.6 is 0 Å². The van der Waals surface area contributed by atoms with Crippen LogP contribution in [0.5, 0.6) is 0 Å². The molecule has 5 heterocycles. The summed E-state index contributed by atoms with van der Waals surface area (Å²) >= 11 is 0. The maximum Gasteiger partial charge on any atom is 0.270 e. The first-order chi connectivity index (χ1) is 17.8. The zero-order chi connectivity index (χ0) is 25.9. The van der Waals surface area contributed by atoms with Crippen molar-refractivity contribution in [3.63, 3.8) is 0 Å². The van der Waals surface area contributed by atoms with Crippen molar-refractivity contribution < 1.29 is 9.18 Å². The highest BCUT2D eigenvalue weighted by molar-refractivity contribution is 5.92. The third-order valence-electron chi connectivity index (χ3n) is 5.76. The van der Waals surface area contributed by atoms with E-state index < -0.39 is 11.9 Å². The number of aromatic nitrogens is 7. The van der Waals surface area contributed by atoms with E-state index in [1.165, 1.54) is 23.3 Å². The highest BCUT2D eigenvalue weighted by Crippen LogP contribution is 2.19. The van der Waals surface area contributed by atoms with Gasteiger partial charge in [0.15, 0.2) is 17.5 Å². The Bertz CT molecular complexity index is 1390. The van der Waals surface area contributed by atoms with Crippen molar-refractivity contribution in [1.29, 1.82) is 0 Å². The van der Waals surface area contributed by atoms with Crippen molar-refractivity contribution in [2.24, 2.45) is 0 Å². The summed E-state index contributed by atoms with van der Waals surface area (Å²) in [5, 5.41) is 10.1. The van der Waals surface area contributed by atoms with E-state index in [-0.39, 0.29) is 17.8 Å². The number of amides is 1. The molecule has 13 heteroatoms. The Morgan fingerprint density at radius 2 is 2.00 bits per heavy atom. The lowest BCUT2D eigenvalue weighted by atomic mass is 10.2. The molecule has 1 saturated heterocycles. The van der Waals surface area contributed by atoms with Crippen LogP contribution in [0.3, 0.4) is 0 Å².